The van der Waals surface area contributed by atoms with Gasteiger partial charge in [0, 0.05) is 51.2 Å². The first-order valence-electron chi connectivity index (χ1n) is 13.5. The maximum absolute atomic E-state index is 10.0. The zero-order valence-electron chi connectivity index (χ0n) is 24.4. The monoisotopic (exact) mass is 727 g/mol. The van der Waals surface area contributed by atoms with Crippen LogP contribution < -0.4 is 0 Å². The quantitative estimate of drug-likeness (QED) is 0.0873. The molecule has 209 valence electrons. The van der Waals surface area contributed by atoms with Crippen molar-refractivity contribution in [2.24, 2.45) is 0 Å². The Hall–Kier alpha value is -3.05. The van der Waals surface area contributed by atoms with Crippen molar-refractivity contribution < 1.29 is 34.4 Å². The molecule has 40 heavy (non-hydrogen) atoms. The van der Waals surface area contributed by atoms with Crippen LogP contribution in [0.15, 0.2) is 64.9 Å². The fourth-order valence-corrected chi connectivity index (χ4v) is 7.36. The molecule has 0 atom stereocenters. The largest absolute Gasteiger partial charge is 0.512 e. The Bertz CT molecular complexity index is 1800. The molecule has 2 aromatic heterocycles. The number of allylic oxidation sites excluding steroid dienone is 2. The van der Waals surface area contributed by atoms with E-state index in [0.717, 1.165) is 33.9 Å². The Kier molecular flexibility index (Phi) is 8.03. The summed E-state index contributed by atoms with van der Waals surface area (Å²) in [5.41, 5.74) is 9.09. The maximum Gasteiger partial charge on any atom is 0.155 e. The van der Waals surface area contributed by atoms with Gasteiger partial charge >= 0.3 is 0 Å². The molecule has 4 nitrogen and oxygen atoms in total. The number of ketones is 1. The number of rotatable bonds is 3. The minimum Gasteiger partial charge on any atom is -0.512 e. The third-order valence-electron chi connectivity index (χ3n) is 7.38. The number of carbonyl (C=O) groups is 1. The zero-order chi connectivity index (χ0) is 28.3. The number of nitrogens with zero attached hydrogens (tertiary/aromatic N) is 1. The van der Waals surface area contributed by atoms with E-state index in [0.29, 0.717) is 0 Å². The molecule has 6 heteroatoms. The molecule has 1 N–H and O–H groups in total. The van der Waals surface area contributed by atoms with Crippen LogP contribution in [-0.2, 0) is 36.4 Å². The minimum atomic E-state index is -1.31. The molecule has 1 radical (unpaired) electrons. The number of aromatic nitrogens is 1. The standard InChI is InChI=1S/C29H28NOSi.C5H8O2.Ir/c1-17-7-10-20-18(15-17)8-11-21-26(20)29(2,3)22-12-9-19(16-32(4,5)6)28-24(22)25-23(31-28)13-14-30-27(21)25;1-4(6)3-5(2)7;/h7-10,12-15H,16H2,1-6H3;3,6H,1-2H3;/q-1;;/b;4-3-;. The van der Waals surface area contributed by atoms with Gasteiger partial charge in [0.2, 0.25) is 0 Å². The van der Waals surface area contributed by atoms with Gasteiger partial charge in [0.05, 0.1) is 5.76 Å². The van der Waals surface area contributed by atoms with Crippen molar-refractivity contribution in [3.63, 3.8) is 0 Å². The number of pyridine rings is 1. The Morgan fingerprint density at radius 3 is 2.45 bits per heavy atom. The average Bonchev–Trinajstić information content (AvgIpc) is 3.18. The third-order valence-corrected chi connectivity index (χ3v) is 8.82. The van der Waals surface area contributed by atoms with Crippen LogP contribution in [0, 0.1) is 13.0 Å². The number of aliphatic hydroxyl groups excluding tert-OH is 1. The molecule has 3 aromatic carbocycles. The fourth-order valence-electron chi connectivity index (χ4n) is 5.94. The second kappa shape index (κ2) is 10.7. The number of hydrogen-bond donors (Lipinski definition) is 1. The van der Waals surface area contributed by atoms with Gasteiger partial charge in [-0.1, -0.05) is 80.2 Å². The van der Waals surface area contributed by atoms with E-state index in [4.69, 9.17) is 14.5 Å². The first-order valence-corrected chi connectivity index (χ1v) is 17.2. The summed E-state index contributed by atoms with van der Waals surface area (Å²) >= 11 is 0. The predicted octanol–water partition coefficient (Wildman–Crippen LogP) is 9.00. The number of aryl methyl sites for hydroxylation is 1. The SMILES string of the molecule is CC(=O)/C=C(/C)O.Cc1ccc2c3c([c-]cc2c1)-c1nccc2oc4c(C[Si](C)(C)C)ccc(c4c12)C3(C)C.[Ir]. The smallest absolute Gasteiger partial charge is 0.155 e. The van der Waals surface area contributed by atoms with E-state index in [1.165, 1.54) is 58.3 Å². The molecule has 1 aliphatic rings. The normalized spacial score (nSPS) is 13.9. The van der Waals surface area contributed by atoms with Crippen LogP contribution in [-0.4, -0.2) is 23.9 Å². The van der Waals surface area contributed by atoms with E-state index in [1.807, 2.05) is 12.3 Å². The van der Waals surface area contributed by atoms with Gasteiger partial charge in [-0.3, -0.25) is 4.79 Å². The van der Waals surface area contributed by atoms with Crippen molar-refractivity contribution in [2.45, 2.75) is 65.7 Å². The molecule has 0 saturated carbocycles. The summed E-state index contributed by atoms with van der Waals surface area (Å²) in [4.78, 5) is 14.9. The zero-order valence-corrected chi connectivity index (χ0v) is 27.8. The molecular weight excluding hydrogens is 691 g/mol. The number of fused-ring (bicyclic) bond motifs is 4. The summed E-state index contributed by atoms with van der Waals surface area (Å²) in [7, 11) is -1.31. The van der Waals surface area contributed by atoms with Crippen molar-refractivity contribution in [3.8, 4) is 11.3 Å². The van der Waals surface area contributed by atoms with Gasteiger partial charge in [-0.25, -0.2) is 0 Å². The van der Waals surface area contributed by atoms with Gasteiger partial charge < -0.3 is 14.5 Å². The molecule has 0 bridgehead atoms. The second-order valence-corrected chi connectivity index (χ2v) is 18.0. The summed E-state index contributed by atoms with van der Waals surface area (Å²) in [6.07, 6.45) is 3.05. The van der Waals surface area contributed by atoms with E-state index < -0.39 is 8.07 Å². The third kappa shape index (κ3) is 5.33. The van der Waals surface area contributed by atoms with Crippen molar-refractivity contribution in [1.82, 2.24) is 4.98 Å². The Balaban J connectivity index is 0.000000413. The van der Waals surface area contributed by atoms with Crippen LogP contribution in [0.3, 0.4) is 0 Å². The Morgan fingerprint density at radius 2 is 1.82 bits per heavy atom. The summed E-state index contributed by atoms with van der Waals surface area (Å²) in [6, 6.07) is 20.3. The van der Waals surface area contributed by atoms with Gasteiger partial charge in [-0.05, 0) is 55.1 Å². The number of benzene rings is 3. The van der Waals surface area contributed by atoms with Gasteiger partial charge in [0.25, 0.3) is 0 Å². The molecule has 1 aliphatic carbocycles. The van der Waals surface area contributed by atoms with Gasteiger partial charge in [0.15, 0.2) is 5.78 Å². The van der Waals surface area contributed by atoms with E-state index >= 15 is 0 Å². The Morgan fingerprint density at radius 1 is 1.10 bits per heavy atom. The van der Waals surface area contributed by atoms with Gasteiger partial charge in [-0.15, -0.1) is 23.3 Å². The minimum absolute atomic E-state index is 0. The molecule has 0 amide bonds. The van der Waals surface area contributed by atoms with Crippen molar-refractivity contribution >= 4 is 46.6 Å². The average molecular weight is 727 g/mol. The van der Waals surface area contributed by atoms with Crippen LogP contribution in [0.1, 0.15) is 49.9 Å². The first-order chi connectivity index (χ1) is 18.3. The van der Waals surface area contributed by atoms with Gasteiger partial charge in [0.1, 0.15) is 11.2 Å². The van der Waals surface area contributed by atoms with E-state index in [1.54, 1.807) is 0 Å². The number of furan rings is 1. The first kappa shape index (κ1) is 29.9. The topological polar surface area (TPSA) is 63.3 Å². The second-order valence-electron chi connectivity index (χ2n) is 12.5. The van der Waals surface area contributed by atoms with Crippen LogP contribution in [0.2, 0.25) is 19.6 Å². The van der Waals surface area contributed by atoms with E-state index in [-0.39, 0.29) is 37.1 Å². The molecule has 6 rings (SSSR count). The van der Waals surface area contributed by atoms with Crippen molar-refractivity contribution in [2.75, 3.05) is 0 Å². The number of aliphatic hydroxyl groups is 1. The Labute approximate surface area is 250 Å². The van der Waals surface area contributed by atoms with Gasteiger partial charge in [-0.2, -0.15) is 0 Å². The van der Waals surface area contributed by atoms with Crippen molar-refractivity contribution in [1.29, 1.82) is 0 Å². The van der Waals surface area contributed by atoms with Crippen LogP contribution in [0.4, 0.5) is 0 Å². The van der Waals surface area contributed by atoms with Crippen LogP contribution >= 0.6 is 0 Å². The number of carbonyl (C=O) groups excluding carboxylic acids is 1. The predicted molar refractivity (Wildman–Crippen MR) is 164 cm³/mol. The maximum atomic E-state index is 10.0. The summed E-state index contributed by atoms with van der Waals surface area (Å²) in [6.45, 7) is 16.9. The summed E-state index contributed by atoms with van der Waals surface area (Å²) in [5, 5.41) is 13.3. The molecule has 0 spiro atoms. The van der Waals surface area contributed by atoms with E-state index in [2.05, 4.69) is 82.9 Å². The molecule has 0 saturated heterocycles. The molecular formula is C34H36IrNO3Si-. The van der Waals surface area contributed by atoms with E-state index in [9.17, 15) is 4.79 Å². The summed E-state index contributed by atoms with van der Waals surface area (Å²) < 4.78 is 6.57. The molecule has 2 heterocycles. The van der Waals surface area contributed by atoms with Crippen molar-refractivity contribution in [3.05, 3.63) is 88.8 Å². The van der Waals surface area contributed by atoms with Crippen LogP contribution in [0.5, 0.6) is 0 Å². The number of hydrogen-bond acceptors (Lipinski definition) is 4. The molecule has 0 fully saturated rings. The molecule has 5 aromatic rings. The summed E-state index contributed by atoms with van der Waals surface area (Å²) in [5.74, 6) is -0.0625. The molecule has 0 unspecified atom stereocenters. The van der Waals surface area contributed by atoms with Crippen LogP contribution in [0.25, 0.3) is 44.0 Å². The molecule has 0 aliphatic heterocycles. The fraction of sp³-hybridized carbons (Fsp3) is 0.294.